The zero-order valence-corrected chi connectivity index (χ0v) is 13.8. The van der Waals surface area contributed by atoms with Crippen LogP contribution in [0.4, 0.5) is 5.69 Å². The average molecular weight is 339 g/mol. The minimum Gasteiger partial charge on any atom is -0.258 e. The first-order valence-corrected chi connectivity index (χ1v) is 7.76. The van der Waals surface area contributed by atoms with Crippen LogP contribution in [0.2, 0.25) is 5.02 Å². The Balaban J connectivity index is 2.42. The highest BCUT2D eigenvalue weighted by Crippen LogP contribution is 2.35. The zero-order chi connectivity index (χ0) is 18.1. The second-order valence-electron chi connectivity index (χ2n) is 5.45. The van der Waals surface area contributed by atoms with Crippen LogP contribution >= 0.6 is 11.6 Å². The van der Waals surface area contributed by atoms with Gasteiger partial charge in [-0.25, -0.2) is 0 Å². The van der Waals surface area contributed by atoms with E-state index >= 15 is 0 Å². The minimum absolute atomic E-state index is 0.0148. The highest BCUT2D eigenvalue weighted by molar-refractivity contribution is 6.61. The van der Waals surface area contributed by atoms with Gasteiger partial charge in [-0.15, -0.1) is 0 Å². The molecule has 0 aliphatic carbocycles. The maximum Gasteiger partial charge on any atom is 0.269 e. The van der Waals surface area contributed by atoms with E-state index < -0.39 is 4.92 Å². The molecule has 7 heteroatoms. The van der Waals surface area contributed by atoms with E-state index in [9.17, 15) is 10.1 Å². The summed E-state index contributed by atoms with van der Waals surface area (Å²) in [6.45, 7) is 0. The van der Waals surface area contributed by atoms with Crippen LogP contribution in [-0.2, 0) is 0 Å². The maximum absolute atomic E-state index is 11.7. The lowest BCUT2D eigenvalue weighted by Crippen LogP contribution is -2.35. The molecule has 3 rings (SSSR count). The van der Waals surface area contributed by atoms with Gasteiger partial charge in [0, 0.05) is 5.02 Å². The molecule has 0 saturated heterocycles. The van der Waals surface area contributed by atoms with Crippen molar-refractivity contribution >= 4 is 57.2 Å². The standard InChI is InChI=1S/C18H9B3ClNO2/c19-14-13(18(23(24)25)16(21)15(20)17(14)22)12-9-5-4-8-11(12)10-6-2-1-3-7-10/h1-9H. The Morgan fingerprint density at radius 2 is 1.36 bits per heavy atom. The van der Waals surface area contributed by atoms with Crippen LogP contribution in [0.5, 0.6) is 0 Å². The molecule has 3 aromatic carbocycles. The number of nitrogens with zero attached hydrogens (tertiary/aromatic N) is 1. The first kappa shape index (κ1) is 17.4. The maximum atomic E-state index is 11.7. The zero-order valence-electron chi connectivity index (χ0n) is 13.1. The van der Waals surface area contributed by atoms with Gasteiger partial charge in [0.05, 0.1) is 10.5 Å². The van der Waals surface area contributed by atoms with E-state index in [2.05, 4.69) is 0 Å². The molecule has 0 spiro atoms. The number of nitro groups is 1. The molecule has 114 valence electrons. The molecular weight excluding hydrogens is 330 g/mol. The van der Waals surface area contributed by atoms with Crippen LogP contribution < -0.4 is 16.4 Å². The summed E-state index contributed by atoms with van der Waals surface area (Å²) in [6.07, 6.45) is 0. The van der Waals surface area contributed by atoms with Crippen molar-refractivity contribution in [3.05, 3.63) is 69.7 Å². The summed E-state index contributed by atoms with van der Waals surface area (Å²) in [5.41, 5.74) is 1.80. The molecule has 0 aliphatic heterocycles. The molecule has 0 fully saturated rings. The summed E-state index contributed by atoms with van der Waals surface area (Å²) in [4.78, 5) is 11.1. The highest BCUT2D eigenvalue weighted by Gasteiger charge is 2.26. The van der Waals surface area contributed by atoms with Crippen molar-refractivity contribution in [3.8, 4) is 22.3 Å². The van der Waals surface area contributed by atoms with Gasteiger partial charge in [-0.1, -0.05) is 77.1 Å². The van der Waals surface area contributed by atoms with Crippen LogP contribution in [0.25, 0.3) is 22.3 Å². The number of hydrogen-bond acceptors (Lipinski definition) is 2. The van der Waals surface area contributed by atoms with Gasteiger partial charge >= 0.3 is 0 Å². The van der Waals surface area contributed by atoms with Gasteiger partial charge in [-0.2, -0.15) is 0 Å². The second kappa shape index (κ2) is 6.81. The summed E-state index contributed by atoms with van der Waals surface area (Å²) >= 11 is 6.16. The lowest BCUT2D eigenvalue weighted by Gasteiger charge is -2.18. The summed E-state index contributed by atoms with van der Waals surface area (Å²) in [5.74, 6) is 0. The fraction of sp³-hybridized carbons (Fsp3) is 0. The smallest absolute Gasteiger partial charge is 0.258 e. The van der Waals surface area contributed by atoms with Gasteiger partial charge in [0.2, 0.25) is 0 Å². The van der Waals surface area contributed by atoms with E-state index in [0.717, 1.165) is 11.1 Å². The van der Waals surface area contributed by atoms with Crippen molar-refractivity contribution in [2.75, 3.05) is 0 Å². The van der Waals surface area contributed by atoms with Gasteiger partial charge in [-0.3, -0.25) is 10.1 Å². The summed E-state index contributed by atoms with van der Waals surface area (Å²) in [7, 11) is 17.7. The predicted octanol–water partition coefficient (Wildman–Crippen LogP) is 1.96. The molecule has 0 atom stereocenters. The third kappa shape index (κ3) is 2.98. The van der Waals surface area contributed by atoms with E-state index in [4.69, 9.17) is 35.1 Å². The topological polar surface area (TPSA) is 43.1 Å². The first-order valence-electron chi connectivity index (χ1n) is 7.38. The number of rotatable bonds is 3. The Kier molecular flexibility index (Phi) is 4.73. The number of halogens is 1. The van der Waals surface area contributed by atoms with Gasteiger partial charge < -0.3 is 0 Å². The van der Waals surface area contributed by atoms with Crippen molar-refractivity contribution in [2.45, 2.75) is 0 Å². The van der Waals surface area contributed by atoms with Gasteiger partial charge in [-0.05, 0) is 22.2 Å². The Morgan fingerprint density at radius 3 is 1.96 bits per heavy atom. The Hall–Kier alpha value is -2.46. The third-order valence-corrected chi connectivity index (χ3v) is 4.40. The molecule has 6 radical (unpaired) electrons. The van der Waals surface area contributed by atoms with Crippen LogP contribution in [-0.4, -0.2) is 28.5 Å². The minimum atomic E-state index is -0.588. The molecule has 0 saturated carbocycles. The van der Waals surface area contributed by atoms with Gasteiger partial charge in [0.25, 0.3) is 5.69 Å². The number of hydrogen-bond donors (Lipinski definition) is 0. The van der Waals surface area contributed by atoms with Crippen LogP contribution in [0.15, 0.2) is 54.6 Å². The molecule has 3 nitrogen and oxygen atoms in total. The molecule has 0 bridgehead atoms. The third-order valence-electron chi connectivity index (χ3n) is 3.99. The lowest BCUT2D eigenvalue weighted by molar-refractivity contribution is -0.382. The quantitative estimate of drug-likeness (QED) is 0.416. The molecule has 0 aliphatic rings. The highest BCUT2D eigenvalue weighted by atomic mass is 35.5. The van der Waals surface area contributed by atoms with Crippen molar-refractivity contribution in [1.29, 1.82) is 0 Å². The largest absolute Gasteiger partial charge is 0.269 e. The Bertz CT molecular complexity index is 978. The SMILES string of the molecule is [B]c1c([B])c([N+](=O)[O-])c(-c2ccccc2-c2ccccc2)c([B])c1Cl. The molecule has 3 aromatic rings. The summed E-state index contributed by atoms with van der Waals surface area (Å²) in [6, 6.07) is 16.7. The molecule has 0 amide bonds. The Morgan fingerprint density at radius 1 is 0.800 bits per heavy atom. The molecule has 0 heterocycles. The average Bonchev–Trinajstić information content (AvgIpc) is 2.63. The van der Waals surface area contributed by atoms with E-state index in [-0.39, 0.29) is 32.7 Å². The molecule has 0 N–H and O–H groups in total. The van der Waals surface area contributed by atoms with Crippen molar-refractivity contribution in [3.63, 3.8) is 0 Å². The van der Waals surface area contributed by atoms with Crippen molar-refractivity contribution < 1.29 is 4.92 Å². The van der Waals surface area contributed by atoms with Gasteiger partial charge in [0.1, 0.15) is 23.5 Å². The summed E-state index contributed by atoms with van der Waals surface area (Å²) < 4.78 is 0. The van der Waals surface area contributed by atoms with Crippen LogP contribution in [0.3, 0.4) is 0 Å². The fourth-order valence-electron chi connectivity index (χ4n) is 2.80. The Labute approximate surface area is 154 Å². The number of nitro benzene ring substituents is 1. The van der Waals surface area contributed by atoms with Crippen molar-refractivity contribution in [2.24, 2.45) is 0 Å². The van der Waals surface area contributed by atoms with Crippen LogP contribution in [0, 0.1) is 10.1 Å². The first-order chi connectivity index (χ1) is 11.9. The molecule has 25 heavy (non-hydrogen) atoms. The van der Waals surface area contributed by atoms with E-state index in [1.54, 1.807) is 12.1 Å². The van der Waals surface area contributed by atoms with E-state index in [1.807, 2.05) is 42.5 Å². The fourth-order valence-corrected chi connectivity index (χ4v) is 2.99. The van der Waals surface area contributed by atoms with E-state index in [1.165, 1.54) is 0 Å². The number of benzene rings is 3. The van der Waals surface area contributed by atoms with Gasteiger partial charge in [0.15, 0.2) is 0 Å². The van der Waals surface area contributed by atoms with E-state index in [0.29, 0.717) is 5.56 Å². The predicted molar refractivity (Wildman–Crippen MR) is 105 cm³/mol. The lowest BCUT2D eigenvalue weighted by atomic mass is 9.71. The molecule has 0 aromatic heterocycles. The molecular formula is C18H9B3ClNO2. The second-order valence-corrected chi connectivity index (χ2v) is 5.83. The normalized spacial score (nSPS) is 10.6. The van der Waals surface area contributed by atoms with Crippen molar-refractivity contribution in [1.82, 2.24) is 0 Å². The summed E-state index contributed by atoms with van der Waals surface area (Å²) in [5, 5.41) is 11.7. The van der Waals surface area contributed by atoms with Crippen LogP contribution in [0.1, 0.15) is 0 Å². The molecule has 0 unspecified atom stereocenters. The monoisotopic (exact) mass is 339 g/mol.